The Morgan fingerprint density at radius 3 is 2.82 bits per heavy atom. The van der Waals surface area contributed by atoms with E-state index in [1.807, 2.05) is 6.92 Å². The van der Waals surface area contributed by atoms with E-state index in [-0.39, 0.29) is 6.10 Å². The molecule has 1 nitrogen and oxygen atoms in total. The van der Waals surface area contributed by atoms with Crippen molar-refractivity contribution in [2.24, 2.45) is 5.92 Å². The minimum absolute atomic E-state index is 0.0819. The highest BCUT2D eigenvalue weighted by molar-refractivity contribution is 6.25. The second-order valence-corrected chi connectivity index (χ2v) is 3.64. The van der Waals surface area contributed by atoms with Crippen molar-refractivity contribution in [2.75, 3.05) is 0 Å². The Kier molecular flexibility index (Phi) is 3.41. The number of aliphatic hydroxyl groups is 1. The van der Waals surface area contributed by atoms with Gasteiger partial charge in [0.05, 0.1) is 6.10 Å². The lowest BCUT2D eigenvalue weighted by Gasteiger charge is -2.13. The molecule has 0 bridgehead atoms. The fraction of sp³-hybridized carbons (Fsp3) is 0.778. The first-order valence-corrected chi connectivity index (χ1v) is 4.61. The Hall–Kier alpha value is -0.0100. The molecule has 0 spiro atoms. The standard InChI is InChI=1S/C9H15ClO/c1-7(6-10)5-8-3-2-4-9(8)11/h6,8-9,11H,2-5H2,1H3/b7-6+. The van der Waals surface area contributed by atoms with Crippen LogP contribution < -0.4 is 0 Å². The smallest absolute Gasteiger partial charge is 0.0571 e. The Labute approximate surface area is 73.1 Å². The van der Waals surface area contributed by atoms with Crippen LogP contribution in [0.4, 0.5) is 0 Å². The molecular formula is C9H15ClO. The summed E-state index contributed by atoms with van der Waals surface area (Å²) in [5.74, 6) is 0.463. The summed E-state index contributed by atoms with van der Waals surface area (Å²) in [6.45, 7) is 2.01. The summed E-state index contributed by atoms with van der Waals surface area (Å²) >= 11 is 5.53. The molecule has 0 aromatic carbocycles. The van der Waals surface area contributed by atoms with Crippen LogP contribution in [-0.2, 0) is 0 Å². The van der Waals surface area contributed by atoms with E-state index in [9.17, 15) is 5.11 Å². The SMILES string of the molecule is C/C(=C\Cl)CC1CCCC1O. The van der Waals surface area contributed by atoms with Crippen molar-refractivity contribution in [1.29, 1.82) is 0 Å². The maximum atomic E-state index is 9.46. The van der Waals surface area contributed by atoms with E-state index in [1.165, 1.54) is 12.0 Å². The van der Waals surface area contributed by atoms with Crippen molar-refractivity contribution >= 4 is 11.6 Å². The Bertz CT molecular complexity index is 154. The highest BCUT2D eigenvalue weighted by Crippen LogP contribution is 2.30. The minimum Gasteiger partial charge on any atom is -0.393 e. The number of aliphatic hydroxyl groups excluding tert-OH is 1. The predicted molar refractivity (Wildman–Crippen MR) is 47.6 cm³/mol. The van der Waals surface area contributed by atoms with Crippen LogP contribution in [-0.4, -0.2) is 11.2 Å². The first-order chi connectivity index (χ1) is 5.24. The van der Waals surface area contributed by atoms with E-state index in [2.05, 4.69) is 0 Å². The van der Waals surface area contributed by atoms with E-state index in [4.69, 9.17) is 11.6 Å². The maximum absolute atomic E-state index is 9.46. The highest BCUT2D eigenvalue weighted by Gasteiger charge is 2.24. The average molecular weight is 175 g/mol. The molecule has 64 valence electrons. The van der Waals surface area contributed by atoms with Gasteiger partial charge in [-0.15, -0.1) is 0 Å². The van der Waals surface area contributed by atoms with Crippen LogP contribution in [0.25, 0.3) is 0 Å². The normalized spacial score (nSPS) is 32.8. The molecule has 1 fully saturated rings. The van der Waals surface area contributed by atoms with Gasteiger partial charge in [0.2, 0.25) is 0 Å². The summed E-state index contributed by atoms with van der Waals surface area (Å²) in [7, 11) is 0. The van der Waals surface area contributed by atoms with Crippen LogP contribution in [0.15, 0.2) is 11.1 Å². The summed E-state index contributed by atoms with van der Waals surface area (Å²) < 4.78 is 0. The molecule has 0 aromatic heterocycles. The van der Waals surface area contributed by atoms with E-state index < -0.39 is 0 Å². The summed E-state index contributed by atoms with van der Waals surface area (Å²) in [6, 6.07) is 0. The summed E-state index contributed by atoms with van der Waals surface area (Å²) in [6.07, 6.45) is 4.18. The van der Waals surface area contributed by atoms with Crippen LogP contribution in [0.1, 0.15) is 32.6 Å². The van der Waals surface area contributed by atoms with Crippen LogP contribution in [0, 0.1) is 5.92 Å². The topological polar surface area (TPSA) is 20.2 Å². The lowest BCUT2D eigenvalue weighted by molar-refractivity contribution is 0.132. The quantitative estimate of drug-likeness (QED) is 0.683. The molecule has 0 radical (unpaired) electrons. The molecule has 1 saturated carbocycles. The largest absolute Gasteiger partial charge is 0.393 e. The van der Waals surface area contributed by atoms with Crippen molar-refractivity contribution in [3.63, 3.8) is 0 Å². The van der Waals surface area contributed by atoms with Gasteiger partial charge in [-0.05, 0) is 32.1 Å². The minimum atomic E-state index is -0.0819. The van der Waals surface area contributed by atoms with Gasteiger partial charge in [-0.1, -0.05) is 23.6 Å². The zero-order valence-electron chi connectivity index (χ0n) is 6.89. The first-order valence-electron chi connectivity index (χ1n) is 4.18. The van der Waals surface area contributed by atoms with Crippen molar-refractivity contribution in [1.82, 2.24) is 0 Å². The number of hydrogen-bond donors (Lipinski definition) is 1. The predicted octanol–water partition coefficient (Wildman–Crippen LogP) is 2.68. The Balaban J connectivity index is 2.36. The average Bonchev–Trinajstić information content (AvgIpc) is 2.37. The molecule has 1 aliphatic rings. The van der Waals surface area contributed by atoms with Gasteiger partial charge in [0, 0.05) is 5.54 Å². The number of hydrogen-bond acceptors (Lipinski definition) is 1. The summed E-state index contributed by atoms with van der Waals surface area (Å²) in [5.41, 5.74) is 2.79. The zero-order chi connectivity index (χ0) is 8.27. The molecule has 2 unspecified atom stereocenters. The molecule has 1 N–H and O–H groups in total. The van der Waals surface area contributed by atoms with Gasteiger partial charge >= 0.3 is 0 Å². The molecule has 0 amide bonds. The second kappa shape index (κ2) is 4.13. The lowest BCUT2D eigenvalue weighted by atomic mass is 9.98. The third-order valence-electron chi connectivity index (χ3n) is 2.39. The van der Waals surface area contributed by atoms with Crippen molar-refractivity contribution in [3.05, 3.63) is 11.1 Å². The van der Waals surface area contributed by atoms with E-state index in [1.54, 1.807) is 5.54 Å². The maximum Gasteiger partial charge on any atom is 0.0571 e. The molecule has 11 heavy (non-hydrogen) atoms. The molecule has 0 saturated heterocycles. The fourth-order valence-corrected chi connectivity index (χ4v) is 1.80. The van der Waals surface area contributed by atoms with Crippen LogP contribution in [0.3, 0.4) is 0 Å². The van der Waals surface area contributed by atoms with Gasteiger partial charge in [-0.3, -0.25) is 0 Å². The molecule has 0 heterocycles. The van der Waals surface area contributed by atoms with Gasteiger partial charge in [0.15, 0.2) is 0 Å². The van der Waals surface area contributed by atoms with Crippen LogP contribution >= 0.6 is 11.6 Å². The van der Waals surface area contributed by atoms with Crippen molar-refractivity contribution in [3.8, 4) is 0 Å². The summed E-state index contributed by atoms with van der Waals surface area (Å²) in [5, 5.41) is 9.46. The first kappa shape index (κ1) is 9.08. The monoisotopic (exact) mass is 174 g/mol. The fourth-order valence-electron chi connectivity index (χ4n) is 1.71. The Morgan fingerprint density at radius 1 is 1.64 bits per heavy atom. The van der Waals surface area contributed by atoms with E-state index in [0.29, 0.717) is 5.92 Å². The van der Waals surface area contributed by atoms with Gasteiger partial charge < -0.3 is 5.11 Å². The third kappa shape index (κ3) is 2.49. The van der Waals surface area contributed by atoms with Crippen LogP contribution in [0.5, 0.6) is 0 Å². The Morgan fingerprint density at radius 2 is 2.36 bits per heavy atom. The van der Waals surface area contributed by atoms with Gasteiger partial charge in [0.25, 0.3) is 0 Å². The molecule has 1 aliphatic carbocycles. The molecule has 0 aromatic rings. The highest BCUT2D eigenvalue weighted by atomic mass is 35.5. The molecule has 2 atom stereocenters. The zero-order valence-corrected chi connectivity index (χ0v) is 7.64. The molecule has 2 heteroatoms. The van der Waals surface area contributed by atoms with Crippen molar-refractivity contribution < 1.29 is 5.11 Å². The third-order valence-corrected chi connectivity index (χ3v) is 2.76. The number of rotatable bonds is 2. The van der Waals surface area contributed by atoms with E-state index in [0.717, 1.165) is 19.3 Å². The van der Waals surface area contributed by atoms with Crippen LogP contribution in [0.2, 0.25) is 0 Å². The summed E-state index contributed by atoms with van der Waals surface area (Å²) in [4.78, 5) is 0. The second-order valence-electron chi connectivity index (χ2n) is 3.42. The molecule has 0 aliphatic heterocycles. The molecule has 1 rings (SSSR count). The molecular weight excluding hydrogens is 160 g/mol. The lowest BCUT2D eigenvalue weighted by Crippen LogP contribution is -2.12. The van der Waals surface area contributed by atoms with Gasteiger partial charge in [0.1, 0.15) is 0 Å². The van der Waals surface area contributed by atoms with Gasteiger partial charge in [-0.25, -0.2) is 0 Å². The van der Waals surface area contributed by atoms with E-state index >= 15 is 0 Å². The van der Waals surface area contributed by atoms with Gasteiger partial charge in [-0.2, -0.15) is 0 Å². The number of allylic oxidation sites excluding steroid dienone is 1. The van der Waals surface area contributed by atoms with Crippen molar-refractivity contribution in [2.45, 2.75) is 38.7 Å². The number of halogens is 1.